The van der Waals surface area contributed by atoms with E-state index in [0.717, 1.165) is 66.1 Å². The Morgan fingerprint density at radius 3 is 2.03 bits per heavy atom. The third-order valence-electron chi connectivity index (χ3n) is 7.77. The lowest BCUT2D eigenvalue weighted by atomic mass is 9.97. The molecule has 2 aromatic heterocycles. The Hall–Kier alpha value is -5.02. The molecule has 0 fully saturated rings. The lowest BCUT2D eigenvalue weighted by Crippen LogP contribution is -1.92. The van der Waals surface area contributed by atoms with E-state index in [1.807, 2.05) is 6.20 Å². The Kier molecular flexibility index (Phi) is 4.65. The predicted octanol–water partition coefficient (Wildman–Crippen LogP) is 9.79. The lowest BCUT2D eigenvalue weighted by Gasteiger charge is -2.11. The molecule has 0 atom stereocenters. The van der Waals surface area contributed by atoms with Crippen LogP contribution in [0.1, 0.15) is 11.1 Å². The zero-order valence-electron chi connectivity index (χ0n) is 21.7. The topological polar surface area (TPSA) is 38.9 Å². The van der Waals surface area contributed by atoms with Gasteiger partial charge in [-0.05, 0) is 66.1 Å². The van der Waals surface area contributed by atoms with Gasteiger partial charge in [0.05, 0.1) is 22.9 Å². The summed E-state index contributed by atoms with van der Waals surface area (Å²) in [7, 11) is 0. The van der Waals surface area contributed by atoms with Crippen LogP contribution < -0.4 is 0 Å². The number of nitrogens with zero attached hydrogens (tertiary/aromatic N) is 2. The quantitative estimate of drug-likeness (QED) is 0.222. The standard InChI is InChI=1S/C36H24N2O/c1-21-14-15-33-30(16-21)31-18-22(2)17-29(36(31)39-33)23-8-7-9-24(19-23)32-20-37-34-27-12-5-3-10-25(27)26-11-4-6-13-28(26)35(34)38-32/h3-20H,1-2H3. The fourth-order valence-electron chi connectivity index (χ4n) is 5.96. The van der Waals surface area contributed by atoms with E-state index < -0.39 is 0 Å². The normalized spacial score (nSPS) is 11.8. The van der Waals surface area contributed by atoms with Crippen molar-refractivity contribution in [3.05, 3.63) is 120 Å². The van der Waals surface area contributed by atoms with Crippen molar-refractivity contribution in [1.82, 2.24) is 9.97 Å². The second kappa shape index (κ2) is 8.24. The van der Waals surface area contributed by atoms with Crippen LogP contribution in [0.25, 0.3) is 76.9 Å². The van der Waals surface area contributed by atoms with Crippen molar-refractivity contribution in [2.24, 2.45) is 0 Å². The Labute approximate surface area is 225 Å². The number of rotatable bonds is 2. The average molecular weight is 501 g/mol. The molecule has 0 radical (unpaired) electrons. The summed E-state index contributed by atoms with van der Waals surface area (Å²) in [6.07, 6.45) is 1.90. The van der Waals surface area contributed by atoms with Crippen molar-refractivity contribution < 1.29 is 4.42 Å². The minimum atomic E-state index is 0.855. The summed E-state index contributed by atoms with van der Waals surface area (Å²) >= 11 is 0. The van der Waals surface area contributed by atoms with E-state index in [0.29, 0.717) is 0 Å². The van der Waals surface area contributed by atoms with Gasteiger partial charge in [-0.2, -0.15) is 0 Å². The van der Waals surface area contributed by atoms with Crippen LogP contribution in [0.5, 0.6) is 0 Å². The van der Waals surface area contributed by atoms with Crippen LogP contribution in [0, 0.1) is 13.8 Å². The highest BCUT2D eigenvalue weighted by Crippen LogP contribution is 2.39. The highest BCUT2D eigenvalue weighted by Gasteiger charge is 2.16. The summed E-state index contributed by atoms with van der Waals surface area (Å²) in [5.41, 5.74) is 10.2. The summed E-state index contributed by atoms with van der Waals surface area (Å²) in [6.45, 7) is 4.26. The molecule has 3 nitrogen and oxygen atoms in total. The Morgan fingerprint density at radius 1 is 0.538 bits per heavy atom. The van der Waals surface area contributed by atoms with Gasteiger partial charge in [0, 0.05) is 32.7 Å². The summed E-state index contributed by atoms with van der Waals surface area (Å²) < 4.78 is 6.41. The molecule has 0 unspecified atom stereocenters. The number of benzene rings is 6. The Bertz CT molecular complexity index is 2220. The van der Waals surface area contributed by atoms with Crippen molar-refractivity contribution in [1.29, 1.82) is 0 Å². The molecule has 0 aliphatic rings. The van der Waals surface area contributed by atoms with E-state index in [-0.39, 0.29) is 0 Å². The predicted molar refractivity (Wildman–Crippen MR) is 162 cm³/mol. The number of fused-ring (bicyclic) bond motifs is 9. The fraction of sp³-hybridized carbons (Fsp3) is 0.0556. The Morgan fingerprint density at radius 2 is 1.23 bits per heavy atom. The van der Waals surface area contributed by atoms with Crippen LogP contribution in [0.15, 0.2) is 114 Å². The second-order valence-electron chi connectivity index (χ2n) is 10.4. The maximum Gasteiger partial charge on any atom is 0.143 e. The minimum absolute atomic E-state index is 0.855. The molecule has 8 rings (SSSR count). The monoisotopic (exact) mass is 500 g/mol. The van der Waals surface area contributed by atoms with Crippen molar-refractivity contribution in [2.75, 3.05) is 0 Å². The molecule has 184 valence electrons. The number of aromatic nitrogens is 2. The highest BCUT2D eigenvalue weighted by atomic mass is 16.3. The van der Waals surface area contributed by atoms with Gasteiger partial charge in [-0.1, -0.05) is 78.4 Å². The van der Waals surface area contributed by atoms with Gasteiger partial charge in [-0.25, -0.2) is 4.98 Å². The zero-order chi connectivity index (χ0) is 26.1. The summed E-state index contributed by atoms with van der Waals surface area (Å²) in [6, 6.07) is 36.3. The first-order chi connectivity index (χ1) is 19.1. The van der Waals surface area contributed by atoms with Gasteiger partial charge in [-0.15, -0.1) is 0 Å². The van der Waals surface area contributed by atoms with Gasteiger partial charge in [-0.3, -0.25) is 4.98 Å². The van der Waals surface area contributed by atoms with E-state index >= 15 is 0 Å². The molecule has 0 amide bonds. The summed E-state index contributed by atoms with van der Waals surface area (Å²) in [5, 5.41) is 6.96. The zero-order valence-corrected chi connectivity index (χ0v) is 21.7. The third-order valence-corrected chi connectivity index (χ3v) is 7.77. The van der Waals surface area contributed by atoms with Gasteiger partial charge < -0.3 is 4.42 Å². The first kappa shape index (κ1) is 22.0. The van der Waals surface area contributed by atoms with E-state index in [2.05, 4.69) is 117 Å². The van der Waals surface area contributed by atoms with Crippen LogP contribution in [0.4, 0.5) is 0 Å². The van der Waals surface area contributed by atoms with Gasteiger partial charge in [0.1, 0.15) is 11.2 Å². The van der Waals surface area contributed by atoms with Gasteiger partial charge in [0.15, 0.2) is 0 Å². The molecule has 0 saturated heterocycles. The average Bonchev–Trinajstić information content (AvgIpc) is 3.34. The molecule has 2 heterocycles. The molecule has 6 aromatic carbocycles. The smallest absolute Gasteiger partial charge is 0.143 e. The van der Waals surface area contributed by atoms with Crippen molar-refractivity contribution in [3.63, 3.8) is 0 Å². The lowest BCUT2D eigenvalue weighted by molar-refractivity contribution is 0.670. The number of hydrogen-bond acceptors (Lipinski definition) is 3. The summed E-state index contributed by atoms with van der Waals surface area (Å²) in [4.78, 5) is 10.2. The maximum atomic E-state index is 6.41. The maximum absolute atomic E-state index is 6.41. The van der Waals surface area contributed by atoms with Crippen molar-refractivity contribution >= 4 is 54.5 Å². The minimum Gasteiger partial charge on any atom is -0.455 e. The number of aryl methyl sites for hydroxylation is 2. The summed E-state index contributed by atoms with van der Waals surface area (Å²) in [5.74, 6) is 0. The molecule has 0 bridgehead atoms. The molecule has 0 N–H and O–H groups in total. The number of hydrogen-bond donors (Lipinski definition) is 0. The molecule has 0 aliphatic carbocycles. The Balaban J connectivity index is 1.34. The van der Waals surface area contributed by atoms with Gasteiger partial charge >= 0.3 is 0 Å². The SMILES string of the molecule is Cc1ccc2oc3c(-c4cccc(-c5cnc6c7ccccc7c7ccccc7c6n5)c4)cc(C)cc3c2c1. The first-order valence-corrected chi connectivity index (χ1v) is 13.2. The molecule has 8 aromatic rings. The number of furan rings is 1. The van der Waals surface area contributed by atoms with Crippen LogP contribution in [-0.4, -0.2) is 9.97 Å². The molecule has 0 saturated carbocycles. The largest absolute Gasteiger partial charge is 0.455 e. The van der Waals surface area contributed by atoms with Crippen molar-refractivity contribution in [2.45, 2.75) is 13.8 Å². The van der Waals surface area contributed by atoms with E-state index in [1.54, 1.807) is 0 Å². The molecule has 3 heteroatoms. The van der Waals surface area contributed by atoms with Gasteiger partial charge in [0.2, 0.25) is 0 Å². The van der Waals surface area contributed by atoms with E-state index in [1.165, 1.54) is 21.9 Å². The van der Waals surface area contributed by atoms with Crippen LogP contribution in [0.2, 0.25) is 0 Å². The molecule has 0 aliphatic heterocycles. The van der Waals surface area contributed by atoms with Crippen molar-refractivity contribution in [3.8, 4) is 22.4 Å². The molecule has 0 spiro atoms. The second-order valence-corrected chi connectivity index (χ2v) is 10.4. The van der Waals surface area contributed by atoms with E-state index in [4.69, 9.17) is 14.4 Å². The molecular weight excluding hydrogens is 476 g/mol. The molecular formula is C36H24N2O. The fourth-order valence-corrected chi connectivity index (χ4v) is 5.96. The third kappa shape index (κ3) is 3.37. The first-order valence-electron chi connectivity index (χ1n) is 13.2. The van der Waals surface area contributed by atoms with Crippen LogP contribution in [0.3, 0.4) is 0 Å². The van der Waals surface area contributed by atoms with Crippen LogP contribution in [-0.2, 0) is 0 Å². The highest BCUT2D eigenvalue weighted by molar-refractivity contribution is 6.23. The molecule has 39 heavy (non-hydrogen) atoms. The van der Waals surface area contributed by atoms with Crippen LogP contribution >= 0.6 is 0 Å². The van der Waals surface area contributed by atoms with E-state index in [9.17, 15) is 0 Å². The van der Waals surface area contributed by atoms with Gasteiger partial charge in [0.25, 0.3) is 0 Å².